The molecule has 0 bridgehead atoms. The lowest BCUT2D eigenvalue weighted by molar-refractivity contribution is 0.0591. The number of rotatable bonds is 7. The van der Waals surface area contributed by atoms with E-state index >= 15 is 0 Å². The predicted molar refractivity (Wildman–Crippen MR) is 134 cm³/mol. The minimum Gasteiger partial charge on any atom is -0.508 e. The highest BCUT2D eigenvalue weighted by atomic mass is 16.5. The van der Waals surface area contributed by atoms with E-state index in [0.717, 1.165) is 0 Å². The summed E-state index contributed by atoms with van der Waals surface area (Å²) < 4.78 is 22.8. The first-order chi connectivity index (χ1) is 17.4. The Morgan fingerprint density at radius 2 is 1.58 bits per heavy atom. The zero-order valence-corrected chi connectivity index (χ0v) is 20.2. The van der Waals surface area contributed by atoms with E-state index in [1.54, 1.807) is 42.5 Å². The van der Waals surface area contributed by atoms with E-state index < -0.39 is 11.5 Å². The van der Waals surface area contributed by atoms with Crippen LogP contribution in [0, 0.1) is 0 Å². The van der Waals surface area contributed by atoms with Crippen molar-refractivity contribution in [3.63, 3.8) is 0 Å². The number of methoxy groups -OCH3 is 4. The number of pyridine rings is 1. The summed E-state index contributed by atoms with van der Waals surface area (Å²) >= 11 is 0. The fraction of sp³-hybridized carbons (Fsp3) is 0.185. The fourth-order valence-corrected chi connectivity index (χ4v) is 4.24. The Morgan fingerprint density at radius 1 is 0.889 bits per heavy atom. The van der Waals surface area contributed by atoms with Gasteiger partial charge in [-0.1, -0.05) is 12.1 Å². The summed E-state index contributed by atoms with van der Waals surface area (Å²) in [5.74, 6) is 0.163. The topological polar surface area (TPSA) is 116 Å². The lowest BCUT2D eigenvalue weighted by Gasteiger charge is -2.21. The summed E-state index contributed by atoms with van der Waals surface area (Å²) in [6.07, 6.45) is 0. The van der Waals surface area contributed by atoms with Gasteiger partial charge in [0.25, 0.3) is 5.56 Å². The van der Waals surface area contributed by atoms with Crippen LogP contribution in [0.15, 0.2) is 59.4 Å². The van der Waals surface area contributed by atoms with Crippen molar-refractivity contribution in [3.05, 3.63) is 76.2 Å². The molecule has 9 heteroatoms. The Bertz CT molecular complexity index is 1500. The van der Waals surface area contributed by atoms with Crippen LogP contribution in [0.25, 0.3) is 27.6 Å². The second kappa shape index (κ2) is 10.0. The van der Waals surface area contributed by atoms with Crippen molar-refractivity contribution >= 4 is 16.7 Å². The Kier molecular flexibility index (Phi) is 6.84. The normalized spacial score (nSPS) is 10.8. The van der Waals surface area contributed by atoms with Crippen LogP contribution >= 0.6 is 0 Å². The summed E-state index contributed by atoms with van der Waals surface area (Å²) in [5.41, 5.74) is 1.11. The molecule has 0 radical (unpaired) electrons. The zero-order chi connectivity index (χ0) is 26.0. The first kappa shape index (κ1) is 24.6. The summed E-state index contributed by atoms with van der Waals surface area (Å²) in [6, 6.07) is 14.3. The molecule has 4 aromatic rings. The minimum atomic E-state index is -0.764. The van der Waals surface area contributed by atoms with Crippen molar-refractivity contribution < 1.29 is 34.0 Å². The molecule has 0 fully saturated rings. The average Bonchev–Trinajstić information content (AvgIpc) is 2.91. The van der Waals surface area contributed by atoms with Crippen LogP contribution in [0.5, 0.6) is 23.0 Å². The van der Waals surface area contributed by atoms with Gasteiger partial charge in [-0.2, -0.15) is 0 Å². The van der Waals surface area contributed by atoms with E-state index in [9.17, 15) is 19.8 Å². The van der Waals surface area contributed by atoms with Gasteiger partial charge in [-0.15, -0.1) is 0 Å². The van der Waals surface area contributed by atoms with Gasteiger partial charge in [0.05, 0.1) is 40.4 Å². The maximum atomic E-state index is 13.8. The molecule has 0 amide bonds. The molecule has 0 aliphatic heterocycles. The number of esters is 1. The summed E-state index contributed by atoms with van der Waals surface area (Å²) in [6.45, 7) is -0.260. The Balaban J connectivity index is 2.25. The lowest BCUT2D eigenvalue weighted by Crippen LogP contribution is -2.27. The molecule has 0 saturated carbocycles. The number of aliphatic hydroxyl groups excluding tert-OH is 1. The Hall–Kier alpha value is -4.50. The van der Waals surface area contributed by atoms with Crippen LogP contribution in [-0.2, 0) is 11.3 Å². The molecule has 4 rings (SSSR count). The number of hydrogen-bond donors (Lipinski definition) is 2. The van der Waals surface area contributed by atoms with Crippen LogP contribution in [0.3, 0.4) is 0 Å². The van der Waals surface area contributed by atoms with E-state index in [4.69, 9.17) is 18.9 Å². The van der Waals surface area contributed by atoms with Gasteiger partial charge >= 0.3 is 5.97 Å². The molecule has 2 N–H and O–H groups in total. The van der Waals surface area contributed by atoms with Crippen molar-refractivity contribution in [3.8, 4) is 39.8 Å². The third-order valence-electron chi connectivity index (χ3n) is 5.85. The summed E-state index contributed by atoms with van der Waals surface area (Å²) in [4.78, 5) is 27.0. The molecule has 36 heavy (non-hydrogen) atoms. The number of benzene rings is 3. The molecule has 0 unspecified atom stereocenters. The van der Waals surface area contributed by atoms with Crippen molar-refractivity contribution in [1.82, 2.24) is 4.57 Å². The van der Waals surface area contributed by atoms with E-state index in [-0.39, 0.29) is 23.4 Å². The third kappa shape index (κ3) is 4.09. The molecule has 3 aromatic carbocycles. The number of phenols is 1. The third-order valence-corrected chi connectivity index (χ3v) is 5.85. The molecule has 186 valence electrons. The van der Waals surface area contributed by atoms with Gasteiger partial charge in [0, 0.05) is 11.3 Å². The number of carbonyl (C=O) groups excluding carboxylic acids is 1. The highest BCUT2D eigenvalue weighted by molar-refractivity contribution is 6.07. The molecule has 0 spiro atoms. The second-order valence-corrected chi connectivity index (χ2v) is 7.83. The quantitative estimate of drug-likeness (QED) is 0.376. The first-order valence-corrected chi connectivity index (χ1v) is 10.9. The maximum absolute atomic E-state index is 13.8. The zero-order valence-electron chi connectivity index (χ0n) is 20.2. The van der Waals surface area contributed by atoms with Gasteiger partial charge in [0.15, 0.2) is 11.5 Å². The average molecular weight is 491 g/mol. The van der Waals surface area contributed by atoms with Gasteiger partial charge in [-0.25, -0.2) is 4.79 Å². The Labute approximate surface area is 206 Å². The molecule has 1 heterocycles. The van der Waals surface area contributed by atoms with Crippen molar-refractivity contribution in [2.75, 3.05) is 28.4 Å². The Morgan fingerprint density at radius 3 is 2.17 bits per heavy atom. The van der Waals surface area contributed by atoms with Gasteiger partial charge in [0.1, 0.15) is 11.4 Å². The molecule has 0 aliphatic rings. The molecular weight excluding hydrogens is 466 g/mol. The molecule has 0 aliphatic carbocycles. The van der Waals surface area contributed by atoms with Crippen molar-refractivity contribution in [1.29, 1.82) is 0 Å². The molecule has 9 nitrogen and oxygen atoms in total. The van der Waals surface area contributed by atoms with E-state index in [1.165, 1.54) is 45.1 Å². The fourth-order valence-electron chi connectivity index (χ4n) is 4.24. The maximum Gasteiger partial charge on any atom is 0.355 e. The number of aromatic nitrogens is 1. The van der Waals surface area contributed by atoms with Gasteiger partial charge < -0.3 is 29.2 Å². The number of carbonyl (C=O) groups is 1. The number of aromatic hydroxyl groups is 1. The largest absolute Gasteiger partial charge is 0.508 e. The predicted octanol–water partition coefficient (Wildman–Crippen LogP) is 3.67. The van der Waals surface area contributed by atoms with Gasteiger partial charge in [-0.3, -0.25) is 9.36 Å². The van der Waals surface area contributed by atoms with Crippen LogP contribution in [0.2, 0.25) is 0 Å². The number of hydrogen-bond acceptors (Lipinski definition) is 8. The van der Waals surface area contributed by atoms with Gasteiger partial charge in [0.2, 0.25) is 5.75 Å². The van der Waals surface area contributed by atoms with Gasteiger partial charge in [-0.05, 0) is 59.0 Å². The summed E-state index contributed by atoms with van der Waals surface area (Å²) in [7, 11) is 5.65. The number of aliphatic hydroxyl groups is 1. The second-order valence-electron chi connectivity index (χ2n) is 7.83. The molecule has 1 aromatic heterocycles. The minimum absolute atomic E-state index is 0.0509. The SMILES string of the molecule is COC(=O)c1c(-c2cc(OC)c(OC)c(OC)c2)c2ccc(O)cc2c(=O)n1-c1cccc(CO)c1. The highest BCUT2D eigenvalue weighted by Crippen LogP contribution is 2.44. The number of fused-ring (bicyclic) bond motifs is 1. The number of ether oxygens (including phenoxy) is 4. The smallest absolute Gasteiger partial charge is 0.355 e. The molecule has 0 atom stereocenters. The standard InChI is InChI=1S/C27H25NO8/c1-33-21-11-16(12-22(34-2)25(21)35-3)23-19-9-8-18(30)13-20(19)26(31)28(24(23)27(32)36-4)17-7-5-6-15(10-17)14-29/h5-13,29-30H,14H2,1-4H3. The monoisotopic (exact) mass is 491 g/mol. The lowest BCUT2D eigenvalue weighted by atomic mass is 9.95. The van der Waals surface area contributed by atoms with E-state index in [1.807, 2.05) is 0 Å². The van der Waals surface area contributed by atoms with E-state index in [0.29, 0.717) is 45.0 Å². The number of nitrogens with zero attached hydrogens (tertiary/aromatic N) is 1. The molecule has 0 saturated heterocycles. The van der Waals surface area contributed by atoms with Crippen LogP contribution in [-0.4, -0.2) is 49.2 Å². The van der Waals surface area contributed by atoms with Crippen molar-refractivity contribution in [2.45, 2.75) is 6.61 Å². The van der Waals surface area contributed by atoms with E-state index in [2.05, 4.69) is 0 Å². The highest BCUT2D eigenvalue weighted by Gasteiger charge is 2.27. The summed E-state index contributed by atoms with van der Waals surface area (Å²) in [5, 5.41) is 20.4. The van der Waals surface area contributed by atoms with Crippen molar-refractivity contribution in [2.24, 2.45) is 0 Å². The van der Waals surface area contributed by atoms with Crippen LogP contribution in [0.4, 0.5) is 0 Å². The first-order valence-electron chi connectivity index (χ1n) is 10.9. The van der Waals surface area contributed by atoms with Crippen LogP contribution in [0.1, 0.15) is 16.1 Å². The molecular formula is C27H25NO8. The van der Waals surface area contributed by atoms with Crippen LogP contribution < -0.4 is 19.8 Å². The number of phenolic OH excluding ortho intramolecular Hbond substituents is 1.